The van der Waals surface area contributed by atoms with Crippen LogP contribution in [0, 0.1) is 5.92 Å². The van der Waals surface area contributed by atoms with E-state index < -0.39 is 6.10 Å². The molecule has 0 radical (unpaired) electrons. The minimum Gasteiger partial charge on any atom is -0.481 e. The van der Waals surface area contributed by atoms with Gasteiger partial charge in [-0.05, 0) is 43.5 Å². The molecule has 1 aliphatic heterocycles. The molecule has 2 aromatic rings. The zero-order valence-corrected chi connectivity index (χ0v) is 14.8. The average Bonchev–Trinajstić information content (AvgIpc) is 3.48. The molecular weight excluding hydrogens is 328 g/mol. The summed E-state index contributed by atoms with van der Waals surface area (Å²) in [5.74, 6) is 0.894. The number of carbonyl (C=O) groups is 2. The van der Waals surface area contributed by atoms with Crippen LogP contribution in [0.25, 0.3) is 0 Å². The topological polar surface area (TPSA) is 58.6 Å². The Kier molecular flexibility index (Phi) is 4.37. The van der Waals surface area contributed by atoms with Crippen LogP contribution in [0.3, 0.4) is 0 Å². The van der Waals surface area contributed by atoms with E-state index in [1.807, 2.05) is 48.5 Å². The molecule has 5 heteroatoms. The number of benzene rings is 2. The minimum atomic E-state index is -0.535. The van der Waals surface area contributed by atoms with Gasteiger partial charge in [-0.1, -0.05) is 30.3 Å². The lowest BCUT2D eigenvalue weighted by Gasteiger charge is -2.22. The summed E-state index contributed by atoms with van der Waals surface area (Å²) in [6.07, 6.45) is 1.40. The van der Waals surface area contributed by atoms with Crippen molar-refractivity contribution in [2.24, 2.45) is 5.92 Å². The van der Waals surface area contributed by atoms with Gasteiger partial charge in [-0.2, -0.15) is 0 Å². The van der Waals surface area contributed by atoms with Crippen LogP contribution in [-0.4, -0.2) is 22.8 Å². The number of hydrogen-bond acceptors (Lipinski definition) is 3. The van der Waals surface area contributed by atoms with Gasteiger partial charge in [0, 0.05) is 30.3 Å². The number of amides is 2. The third-order valence-corrected chi connectivity index (χ3v) is 4.82. The van der Waals surface area contributed by atoms with Crippen molar-refractivity contribution in [1.29, 1.82) is 0 Å². The first kappa shape index (κ1) is 16.6. The molecule has 5 nitrogen and oxygen atoms in total. The van der Waals surface area contributed by atoms with Crippen molar-refractivity contribution in [3.05, 3.63) is 59.7 Å². The summed E-state index contributed by atoms with van der Waals surface area (Å²) in [6.45, 7) is 2.77. The van der Waals surface area contributed by atoms with Crippen LogP contribution in [0.2, 0.25) is 0 Å². The number of nitrogens with zero attached hydrogens (tertiary/aromatic N) is 1. The molecule has 1 heterocycles. The number of rotatable bonds is 4. The maximum absolute atomic E-state index is 12.7. The van der Waals surface area contributed by atoms with Crippen molar-refractivity contribution in [3.63, 3.8) is 0 Å². The molecule has 0 spiro atoms. The van der Waals surface area contributed by atoms with Crippen LogP contribution in [-0.2, 0) is 22.7 Å². The molecule has 26 heavy (non-hydrogen) atoms. The average molecular weight is 350 g/mol. The molecular formula is C21H22N2O3. The molecule has 1 N–H and O–H groups in total. The number of fused-ring (bicyclic) bond motifs is 1. The van der Waals surface area contributed by atoms with Gasteiger partial charge in [-0.3, -0.25) is 9.59 Å². The molecule has 1 fully saturated rings. The van der Waals surface area contributed by atoms with Gasteiger partial charge in [0.25, 0.3) is 5.91 Å². The Morgan fingerprint density at radius 3 is 2.69 bits per heavy atom. The van der Waals surface area contributed by atoms with Crippen LogP contribution < -0.4 is 10.1 Å². The number of carbonyl (C=O) groups excluding carboxylic acids is 2. The van der Waals surface area contributed by atoms with Crippen molar-refractivity contribution in [2.75, 3.05) is 5.32 Å². The summed E-state index contributed by atoms with van der Waals surface area (Å²) in [7, 11) is 0. The predicted octanol–water partition coefficient (Wildman–Crippen LogP) is 3.34. The van der Waals surface area contributed by atoms with E-state index in [2.05, 4.69) is 5.32 Å². The van der Waals surface area contributed by atoms with E-state index in [4.69, 9.17) is 4.74 Å². The highest BCUT2D eigenvalue weighted by Crippen LogP contribution is 2.32. The maximum atomic E-state index is 12.7. The molecule has 0 saturated heterocycles. The monoisotopic (exact) mass is 350 g/mol. The normalized spacial score (nSPS) is 19.3. The quantitative estimate of drug-likeness (QED) is 0.920. The van der Waals surface area contributed by atoms with Gasteiger partial charge < -0.3 is 15.0 Å². The van der Waals surface area contributed by atoms with Crippen LogP contribution >= 0.6 is 0 Å². The zero-order valence-electron chi connectivity index (χ0n) is 14.8. The Morgan fingerprint density at radius 2 is 1.96 bits per heavy atom. The summed E-state index contributed by atoms with van der Waals surface area (Å²) < 4.78 is 5.85. The van der Waals surface area contributed by atoms with E-state index in [9.17, 15) is 9.59 Å². The van der Waals surface area contributed by atoms with Gasteiger partial charge in [-0.25, -0.2) is 0 Å². The second-order valence-electron chi connectivity index (χ2n) is 7.03. The standard InChI is InChI=1S/C21H22N2O3/c1-14-21(25)23(12-15-5-3-2-4-6-15)13-17-11-18(9-10-19(17)26-14)22-20(24)16-7-8-16/h2-6,9-11,14,16H,7-8,12-13H2,1H3,(H,22,24)/t14-/m1/s1. The molecule has 1 saturated carbocycles. The Morgan fingerprint density at radius 1 is 1.19 bits per heavy atom. The van der Waals surface area contributed by atoms with Crippen molar-refractivity contribution in [1.82, 2.24) is 4.90 Å². The van der Waals surface area contributed by atoms with Crippen molar-refractivity contribution < 1.29 is 14.3 Å². The fraction of sp³-hybridized carbons (Fsp3) is 0.333. The minimum absolute atomic E-state index is 0.0337. The lowest BCUT2D eigenvalue weighted by Crippen LogP contribution is -2.37. The summed E-state index contributed by atoms with van der Waals surface area (Å²) in [5.41, 5.74) is 2.74. The molecule has 4 rings (SSSR count). The molecule has 134 valence electrons. The highest BCUT2D eigenvalue weighted by molar-refractivity contribution is 5.94. The van der Waals surface area contributed by atoms with E-state index >= 15 is 0 Å². The SMILES string of the molecule is C[C@H]1Oc2ccc(NC(=O)C3CC3)cc2CN(Cc2ccccc2)C1=O. The molecule has 1 aliphatic carbocycles. The van der Waals surface area contributed by atoms with Crippen molar-refractivity contribution in [2.45, 2.75) is 39.0 Å². The first-order valence-corrected chi connectivity index (χ1v) is 9.03. The van der Waals surface area contributed by atoms with E-state index in [1.54, 1.807) is 11.8 Å². The number of anilines is 1. The Bertz CT molecular complexity index is 830. The Balaban J connectivity index is 1.57. The van der Waals surface area contributed by atoms with Gasteiger partial charge in [0.05, 0.1) is 0 Å². The van der Waals surface area contributed by atoms with E-state index in [1.165, 1.54) is 0 Å². The van der Waals surface area contributed by atoms with Gasteiger partial charge in [0.2, 0.25) is 5.91 Å². The fourth-order valence-corrected chi connectivity index (χ4v) is 3.20. The summed E-state index contributed by atoms with van der Waals surface area (Å²) in [6, 6.07) is 15.5. The summed E-state index contributed by atoms with van der Waals surface area (Å²) >= 11 is 0. The van der Waals surface area contributed by atoms with Gasteiger partial charge >= 0.3 is 0 Å². The molecule has 2 aromatic carbocycles. The fourth-order valence-electron chi connectivity index (χ4n) is 3.20. The third kappa shape index (κ3) is 3.57. The van der Waals surface area contributed by atoms with Crippen LogP contribution in [0.5, 0.6) is 5.75 Å². The van der Waals surface area contributed by atoms with E-state index in [-0.39, 0.29) is 17.7 Å². The van der Waals surface area contributed by atoms with E-state index in [0.717, 1.165) is 29.7 Å². The third-order valence-electron chi connectivity index (χ3n) is 4.82. The highest BCUT2D eigenvalue weighted by Gasteiger charge is 2.31. The van der Waals surface area contributed by atoms with Crippen LogP contribution in [0.1, 0.15) is 30.9 Å². The summed E-state index contributed by atoms with van der Waals surface area (Å²) in [5, 5.41) is 2.96. The van der Waals surface area contributed by atoms with Crippen molar-refractivity contribution in [3.8, 4) is 5.75 Å². The lowest BCUT2D eigenvalue weighted by molar-refractivity contribution is -0.138. The predicted molar refractivity (Wildman–Crippen MR) is 98.6 cm³/mol. The molecule has 0 unspecified atom stereocenters. The zero-order chi connectivity index (χ0) is 18.1. The second-order valence-corrected chi connectivity index (χ2v) is 7.03. The van der Waals surface area contributed by atoms with Crippen LogP contribution in [0.15, 0.2) is 48.5 Å². The van der Waals surface area contributed by atoms with Gasteiger partial charge in [0.15, 0.2) is 6.10 Å². The number of nitrogens with one attached hydrogen (secondary N) is 1. The molecule has 1 atom stereocenters. The lowest BCUT2D eigenvalue weighted by atomic mass is 10.1. The molecule has 2 amide bonds. The smallest absolute Gasteiger partial charge is 0.263 e. The Labute approximate surface area is 153 Å². The Hall–Kier alpha value is -2.82. The highest BCUT2D eigenvalue weighted by atomic mass is 16.5. The number of ether oxygens (including phenoxy) is 1. The molecule has 0 aromatic heterocycles. The largest absolute Gasteiger partial charge is 0.481 e. The maximum Gasteiger partial charge on any atom is 0.263 e. The van der Waals surface area contributed by atoms with E-state index in [0.29, 0.717) is 18.8 Å². The molecule has 0 bridgehead atoms. The molecule has 2 aliphatic rings. The second kappa shape index (κ2) is 6.83. The first-order chi connectivity index (χ1) is 12.6. The first-order valence-electron chi connectivity index (χ1n) is 9.03. The van der Waals surface area contributed by atoms with Crippen LogP contribution in [0.4, 0.5) is 5.69 Å². The van der Waals surface area contributed by atoms with Gasteiger partial charge in [-0.15, -0.1) is 0 Å². The summed E-state index contributed by atoms with van der Waals surface area (Å²) in [4.78, 5) is 26.5. The number of hydrogen-bond donors (Lipinski definition) is 1. The van der Waals surface area contributed by atoms with Gasteiger partial charge in [0.1, 0.15) is 5.75 Å². The van der Waals surface area contributed by atoms with Crippen molar-refractivity contribution >= 4 is 17.5 Å².